The number of nitrogens with one attached hydrogen (secondary N) is 1. The van der Waals surface area contributed by atoms with Gasteiger partial charge in [-0.15, -0.1) is 0 Å². The zero-order valence-corrected chi connectivity index (χ0v) is 14.9. The fraction of sp³-hybridized carbons (Fsp3) is 0.579. The van der Waals surface area contributed by atoms with Crippen molar-refractivity contribution in [3.05, 3.63) is 24.3 Å². The molecule has 1 aliphatic heterocycles. The number of carbonyl (C=O) groups is 2. The normalized spacial score (nSPS) is 17.7. The van der Waals surface area contributed by atoms with Crippen LogP contribution < -0.4 is 15.1 Å². The molecule has 0 bridgehead atoms. The van der Waals surface area contributed by atoms with Gasteiger partial charge in [0.15, 0.2) is 0 Å². The molecule has 1 heterocycles. The average molecular weight is 345 g/mol. The third-order valence-electron chi connectivity index (χ3n) is 5.02. The Hall–Kier alpha value is -2.08. The van der Waals surface area contributed by atoms with Crippen molar-refractivity contribution in [3.63, 3.8) is 0 Å². The number of hydrogen-bond acceptors (Lipinski definition) is 4. The number of carbonyl (C=O) groups excluding carboxylic acids is 2. The van der Waals surface area contributed by atoms with Gasteiger partial charge >= 0.3 is 0 Å². The Labute approximate surface area is 149 Å². The number of hydrogen-bond donors (Lipinski definition) is 1. The lowest BCUT2D eigenvalue weighted by Gasteiger charge is -2.33. The maximum atomic E-state index is 12.2. The SMILES string of the molecule is CC(=O)N(CCNC(=O)C1CCC1)c1ccccc1N1CCOCC1. The van der Waals surface area contributed by atoms with Crippen LogP contribution in [0.25, 0.3) is 0 Å². The van der Waals surface area contributed by atoms with Gasteiger partial charge in [-0.3, -0.25) is 9.59 Å². The monoisotopic (exact) mass is 345 g/mol. The lowest BCUT2D eigenvalue weighted by Crippen LogP contribution is -2.42. The van der Waals surface area contributed by atoms with E-state index in [-0.39, 0.29) is 17.7 Å². The van der Waals surface area contributed by atoms with E-state index < -0.39 is 0 Å². The molecule has 136 valence electrons. The van der Waals surface area contributed by atoms with E-state index in [2.05, 4.69) is 10.2 Å². The number of morpholine rings is 1. The highest BCUT2D eigenvalue weighted by atomic mass is 16.5. The molecule has 1 N–H and O–H groups in total. The molecule has 0 spiro atoms. The van der Waals surface area contributed by atoms with Crippen molar-refractivity contribution in [2.24, 2.45) is 5.92 Å². The largest absolute Gasteiger partial charge is 0.378 e. The van der Waals surface area contributed by atoms with E-state index in [1.165, 1.54) is 0 Å². The minimum Gasteiger partial charge on any atom is -0.378 e. The third-order valence-corrected chi connectivity index (χ3v) is 5.02. The summed E-state index contributed by atoms with van der Waals surface area (Å²) in [5.41, 5.74) is 1.95. The molecule has 1 aliphatic carbocycles. The van der Waals surface area contributed by atoms with E-state index in [4.69, 9.17) is 4.74 Å². The average Bonchev–Trinajstić information content (AvgIpc) is 2.58. The van der Waals surface area contributed by atoms with Gasteiger partial charge in [0, 0.05) is 39.0 Å². The molecule has 2 aliphatic rings. The number of rotatable bonds is 6. The zero-order valence-electron chi connectivity index (χ0n) is 14.9. The lowest BCUT2D eigenvalue weighted by atomic mass is 9.85. The van der Waals surface area contributed by atoms with Gasteiger partial charge in [-0.2, -0.15) is 0 Å². The van der Waals surface area contributed by atoms with E-state index in [9.17, 15) is 9.59 Å². The van der Waals surface area contributed by atoms with Crippen molar-refractivity contribution in [2.45, 2.75) is 26.2 Å². The van der Waals surface area contributed by atoms with Gasteiger partial charge in [0.25, 0.3) is 0 Å². The fourth-order valence-corrected chi connectivity index (χ4v) is 3.32. The first kappa shape index (κ1) is 17.7. The Morgan fingerprint density at radius 1 is 1.24 bits per heavy atom. The molecule has 0 radical (unpaired) electrons. The molecule has 6 heteroatoms. The Morgan fingerprint density at radius 3 is 2.60 bits per heavy atom. The van der Waals surface area contributed by atoms with Crippen LogP contribution in [0.3, 0.4) is 0 Å². The molecular formula is C19H27N3O3. The summed E-state index contributed by atoms with van der Waals surface area (Å²) in [4.78, 5) is 28.2. The number of anilines is 2. The summed E-state index contributed by atoms with van der Waals surface area (Å²) in [6.45, 7) is 5.57. The van der Waals surface area contributed by atoms with Crippen molar-refractivity contribution in [1.29, 1.82) is 0 Å². The van der Waals surface area contributed by atoms with Gasteiger partial charge in [-0.25, -0.2) is 0 Å². The molecule has 1 saturated heterocycles. The second-order valence-corrected chi connectivity index (χ2v) is 6.68. The predicted octanol–water partition coefficient (Wildman–Crippen LogP) is 1.79. The van der Waals surface area contributed by atoms with Crippen LogP contribution in [0.1, 0.15) is 26.2 Å². The van der Waals surface area contributed by atoms with Gasteiger partial charge in [-0.1, -0.05) is 18.6 Å². The van der Waals surface area contributed by atoms with Crippen molar-refractivity contribution in [2.75, 3.05) is 49.2 Å². The lowest BCUT2D eigenvalue weighted by molar-refractivity contribution is -0.127. The first-order chi connectivity index (χ1) is 12.2. The Bertz CT molecular complexity index is 610. The van der Waals surface area contributed by atoms with Crippen molar-refractivity contribution >= 4 is 23.2 Å². The summed E-state index contributed by atoms with van der Waals surface area (Å²) in [6, 6.07) is 7.95. The van der Waals surface area contributed by atoms with Gasteiger partial charge in [0.1, 0.15) is 0 Å². The highest BCUT2D eigenvalue weighted by molar-refractivity contribution is 5.95. The molecule has 25 heavy (non-hydrogen) atoms. The molecule has 6 nitrogen and oxygen atoms in total. The fourth-order valence-electron chi connectivity index (χ4n) is 3.32. The molecular weight excluding hydrogens is 318 g/mol. The minimum absolute atomic E-state index is 0.0152. The van der Waals surface area contributed by atoms with Crippen LogP contribution in [-0.4, -0.2) is 51.2 Å². The zero-order chi connectivity index (χ0) is 17.6. The van der Waals surface area contributed by atoms with Gasteiger partial charge < -0.3 is 19.9 Å². The molecule has 1 aromatic carbocycles. The summed E-state index contributed by atoms with van der Waals surface area (Å²) >= 11 is 0. The number of benzene rings is 1. The summed E-state index contributed by atoms with van der Waals surface area (Å²) in [5.74, 6) is 0.279. The highest BCUT2D eigenvalue weighted by Gasteiger charge is 2.25. The van der Waals surface area contributed by atoms with Crippen LogP contribution in [0.15, 0.2) is 24.3 Å². The highest BCUT2D eigenvalue weighted by Crippen LogP contribution is 2.30. The van der Waals surface area contributed by atoms with Crippen LogP contribution >= 0.6 is 0 Å². The molecule has 0 unspecified atom stereocenters. The quantitative estimate of drug-likeness (QED) is 0.854. The van der Waals surface area contributed by atoms with E-state index >= 15 is 0 Å². The van der Waals surface area contributed by atoms with E-state index in [0.717, 1.165) is 43.7 Å². The summed E-state index contributed by atoms with van der Waals surface area (Å²) in [6.07, 6.45) is 3.12. The standard InChI is InChI=1S/C19H27N3O3/c1-15(23)22(10-9-20-19(24)16-5-4-6-16)18-8-3-2-7-17(18)21-11-13-25-14-12-21/h2-3,7-8,16H,4-6,9-14H2,1H3,(H,20,24). The van der Waals surface area contributed by atoms with E-state index in [1.54, 1.807) is 11.8 Å². The van der Waals surface area contributed by atoms with Gasteiger partial charge in [0.2, 0.25) is 11.8 Å². The van der Waals surface area contributed by atoms with E-state index in [1.807, 2.05) is 24.3 Å². The number of nitrogens with zero attached hydrogens (tertiary/aromatic N) is 2. The summed E-state index contributed by atoms with van der Waals surface area (Å²) in [7, 11) is 0. The number of para-hydroxylation sites is 2. The molecule has 3 rings (SSSR count). The second kappa shape index (κ2) is 8.34. The molecule has 2 amide bonds. The summed E-state index contributed by atoms with van der Waals surface area (Å²) in [5, 5.41) is 2.97. The maximum Gasteiger partial charge on any atom is 0.223 e. The van der Waals surface area contributed by atoms with E-state index in [0.29, 0.717) is 26.3 Å². The minimum atomic E-state index is -0.0152. The first-order valence-corrected chi connectivity index (χ1v) is 9.14. The first-order valence-electron chi connectivity index (χ1n) is 9.14. The molecule has 0 aromatic heterocycles. The Kier molecular flexibility index (Phi) is 5.91. The van der Waals surface area contributed by atoms with Gasteiger partial charge in [-0.05, 0) is 25.0 Å². The molecule has 0 atom stereocenters. The topological polar surface area (TPSA) is 61.9 Å². The van der Waals surface area contributed by atoms with Crippen LogP contribution in [0, 0.1) is 5.92 Å². The predicted molar refractivity (Wildman–Crippen MR) is 97.9 cm³/mol. The maximum absolute atomic E-state index is 12.2. The second-order valence-electron chi connectivity index (χ2n) is 6.68. The summed E-state index contributed by atoms with van der Waals surface area (Å²) < 4.78 is 5.43. The van der Waals surface area contributed by atoms with Crippen LogP contribution in [0.4, 0.5) is 11.4 Å². The van der Waals surface area contributed by atoms with Gasteiger partial charge in [0.05, 0.1) is 24.6 Å². The number of ether oxygens (including phenoxy) is 1. The molecule has 1 saturated carbocycles. The van der Waals surface area contributed by atoms with Crippen LogP contribution in [-0.2, 0) is 14.3 Å². The Balaban J connectivity index is 1.67. The van der Waals surface area contributed by atoms with Crippen molar-refractivity contribution in [3.8, 4) is 0 Å². The van der Waals surface area contributed by atoms with Crippen LogP contribution in [0.2, 0.25) is 0 Å². The van der Waals surface area contributed by atoms with Crippen molar-refractivity contribution < 1.29 is 14.3 Å². The molecule has 1 aromatic rings. The Morgan fingerprint density at radius 2 is 1.96 bits per heavy atom. The molecule has 2 fully saturated rings. The smallest absolute Gasteiger partial charge is 0.223 e. The van der Waals surface area contributed by atoms with Crippen LogP contribution in [0.5, 0.6) is 0 Å². The number of amides is 2. The van der Waals surface area contributed by atoms with Crippen molar-refractivity contribution in [1.82, 2.24) is 5.32 Å². The third kappa shape index (κ3) is 4.31.